The van der Waals surface area contributed by atoms with Gasteiger partial charge in [-0.1, -0.05) is 17.8 Å². The second-order valence-electron chi connectivity index (χ2n) is 5.70. The van der Waals surface area contributed by atoms with Crippen LogP contribution < -0.4 is 10.6 Å². The molecule has 0 saturated carbocycles. The van der Waals surface area contributed by atoms with Gasteiger partial charge in [-0.15, -0.1) is 10.2 Å². The number of benzene rings is 1. The van der Waals surface area contributed by atoms with Crippen molar-refractivity contribution in [3.8, 4) is 0 Å². The largest absolute Gasteiger partial charge is 0.325 e. The van der Waals surface area contributed by atoms with Crippen LogP contribution in [-0.2, 0) is 4.79 Å². The summed E-state index contributed by atoms with van der Waals surface area (Å²) in [7, 11) is 0. The molecule has 0 aliphatic heterocycles. The number of thioether (sulfide) groups is 1. The molecule has 0 atom stereocenters. The van der Waals surface area contributed by atoms with Gasteiger partial charge in [-0.05, 0) is 51.0 Å². The van der Waals surface area contributed by atoms with Crippen molar-refractivity contribution >= 4 is 29.4 Å². The molecular formula is C16H21N5O2S. The Hall–Kier alpha value is -2.35. The molecule has 2 N–H and O–H groups in total. The topological polar surface area (TPSA) is 88.9 Å². The van der Waals surface area contributed by atoms with E-state index in [1.54, 1.807) is 12.4 Å². The highest BCUT2D eigenvalue weighted by Gasteiger charge is 2.13. The number of nitrogens with one attached hydrogen (secondary N) is 2. The summed E-state index contributed by atoms with van der Waals surface area (Å²) in [4.78, 5) is 23.8. The van der Waals surface area contributed by atoms with E-state index in [1.165, 1.54) is 11.8 Å². The third-order valence-corrected chi connectivity index (χ3v) is 4.40. The molecule has 7 nitrogen and oxygen atoms in total. The second-order valence-corrected chi connectivity index (χ2v) is 6.65. The summed E-state index contributed by atoms with van der Waals surface area (Å²) < 4.78 is 1.87. The van der Waals surface area contributed by atoms with Crippen LogP contribution in [0, 0.1) is 13.8 Å². The van der Waals surface area contributed by atoms with Gasteiger partial charge in [0.05, 0.1) is 5.75 Å². The summed E-state index contributed by atoms with van der Waals surface area (Å²) in [6, 6.07) is 5.24. The molecule has 0 spiro atoms. The smallest absolute Gasteiger partial charge is 0.308 e. The average Bonchev–Trinajstić information content (AvgIpc) is 2.97. The molecule has 0 unspecified atom stereocenters. The van der Waals surface area contributed by atoms with E-state index < -0.39 is 6.03 Å². The first-order chi connectivity index (χ1) is 11.4. The molecule has 0 bridgehead atoms. The number of aryl methyl sites for hydroxylation is 2. The molecule has 1 aromatic carbocycles. The maximum absolute atomic E-state index is 11.9. The van der Waals surface area contributed by atoms with Crippen LogP contribution in [0.5, 0.6) is 0 Å². The maximum atomic E-state index is 11.9. The van der Waals surface area contributed by atoms with Gasteiger partial charge in [0.2, 0.25) is 5.91 Å². The van der Waals surface area contributed by atoms with E-state index in [1.807, 2.05) is 44.4 Å². The maximum Gasteiger partial charge on any atom is 0.325 e. The van der Waals surface area contributed by atoms with E-state index in [0.717, 1.165) is 11.1 Å². The van der Waals surface area contributed by atoms with Crippen molar-refractivity contribution in [2.24, 2.45) is 0 Å². The Kier molecular flexibility index (Phi) is 5.97. The van der Waals surface area contributed by atoms with Crippen molar-refractivity contribution < 1.29 is 9.59 Å². The predicted molar refractivity (Wildman–Crippen MR) is 94.2 cm³/mol. The zero-order valence-corrected chi connectivity index (χ0v) is 15.0. The SMILES string of the molecule is Cc1ccc(NC(=O)NC(=O)CSc2nncn2C(C)C)cc1C. The van der Waals surface area contributed by atoms with Gasteiger partial charge in [0.1, 0.15) is 6.33 Å². The van der Waals surface area contributed by atoms with E-state index in [4.69, 9.17) is 0 Å². The molecule has 2 rings (SSSR count). The van der Waals surface area contributed by atoms with Gasteiger partial charge in [-0.2, -0.15) is 0 Å². The Morgan fingerprint density at radius 2 is 2.00 bits per heavy atom. The van der Waals surface area contributed by atoms with Crippen molar-refractivity contribution in [2.45, 2.75) is 38.9 Å². The summed E-state index contributed by atoms with van der Waals surface area (Å²) >= 11 is 1.24. The highest BCUT2D eigenvalue weighted by Crippen LogP contribution is 2.18. The second kappa shape index (κ2) is 7.96. The van der Waals surface area contributed by atoms with Gasteiger partial charge >= 0.3 is 6.03 Å². The van der Waals surface area contributed by atoms with Crippen molar-refractivity contribution in [1.82, 2.24) is 20.1 Å². The van der Waals surface area contributed by atoms with Gasteiger partial charge in [0, 0.05) is 11.7 Å². The number of hydrogen-bond donors (Lipinski definition) is 2. The Morgan fingerprint density at radius 3 is 2.67 bits per heavy atom. The lowest BCUT2D eigenvalue weighted by Gasteiger charge is -2.10. The number of imide groups is 1. The molecular weight excluding hydrogens is 326 g/mol. The van der Waals surface area contributed by atoms with E-state index in [2.05, 4.69) is 20.8 Å². The molecule has 0 aliphatic carbocycles. The number of aromatic nitrogens is 3. The number of hydrogen-bond acceptors (Lipinski definition) is 5. The fourth-order valence-electron chi connectivity index (χ4n) is 1.96. The van der Waals surface area contributed by atoms with E-state index >= 15 is 0 Å². The third-order valence-electron chi connectivity index (χ3n) is 3.45. The molecule has 24 heavy (non-hydrogen) atoms. The van der Waals surface area contributed by atoms with Crippen LogP contribution in [0.25, 0.3) is 0 Å². The van der Waals surface area contributed by atoms with Crippen LogP contribution >= 0.6 is 11.8 Å². The van der Waals surface area contributed by atoms with Gasteiger partial charge in [-0.3, -0.25) is 10.1 Å². The fourth-order valence-corrected chi connectivity index (χ4v) is 2.81. The standard InChI is InChI=1S/C16H21N5O2S/c1-10(2)21-9-17-20-16(21)24-8-14(22)19-15(23)18-13-6-5-11(3)12(4)7-13/h5-7,9-10H,8H2,1-4H3,(H2,18,19,22,23). The lowest BCUT2D eigenvalue weighted by atomic mass is 10.1. The van der Waals surface area contributed by atoms with E-state index in [9.17, 15) is 9.59 Å². The zero-order chi connectivity index (χ0) is 17.7. The normalized spacial score (nSPS) is 10.7. The van der Waals surface area contributed by atoms with Crippen LogP contribution in [0.2, 0.25) is 0 Å². The van der Waals surface area contributed by atoms with Gasteiger partial charge < -0.3 is 9.88 Å². The lowest BCUT2D eigenvalue weighted by molar-refractivity contribution is -0.117. The summed E-state index contributed by atoms with van der Waals surface area (Å²) in [5, 5.41) is 13.4. The summed E-state index contributed by atoms with van der Waals surface area (Å²) in [5.74, 6) is -0.300. The molecule has 0 radical (unpaired) electrons. The number of nitrogens with zero attached hydrogens (tertiary/aromatic N) is 3. The molecule has 1 aromatic heterocycles. The molecule has 8 heteroatoms. The average molecular weight is 347 g/mol. The molecule has 2 aromatic rings. The minimum absolute atomic E-state index is 0.0890. The third kappa shape index (κ3) is 4.82. The number of rotatable bonds is 5. The van der Waals surface area contributed by atoms with Crippen molar-refractivity contribution in [2.75, 3.05) is 11.1 Å². The number of anilines is 1. The Labute approximate surface area is 145 Å². The zero-order valence-electron chi connectivity index (χ0n) is 14.2. The lowest BCUT2D eigenvalue weighted by Crippen LogP contribution is -2.35. The number of amides is 3. The first-order valence-electron chi connectivity index (χ1n) is 7.57. The highest BCUT2D eigenvalue weighted by molar-refractivity contribution is 7.99. The quantitative estimate of drug-likeness (QED) is 0.812. The Balaban J connectivity index is 1.84. The summed E-state index contributed by atoms with van der Waals surface area (Å²) in [5.41, 5.74) is 2.86. The Bertz CT molecular complexity index is 742. The minimum atomic E-state index is -0.547. The fraction of sp³-hybridized carbons (Fsp3) is 0.375. The first-order valence-corrected chi connectivity index (χ1v) is 8.55. The number of carbonyl (C=O) groups excluding carboxylic acids is 2. The van der Waals surface area contributed by atoms with Crippen LogP contribution in [-0.4, -0.2) is 32.5 Å². The van der Waals surface area contributed by atoms with Gasteiger partial charge in [0.15, 0.2) is 5.16 Å². The van der Waals surface area contributed by atoms with Crippen LogP contribution in [0.3, 0.4) is 0 Å². The van der Waals surface area contributed by atoms with Gasteiger partial charge in [0.25, 0.3) is 0 Å². The molecule has 128 valence electrons. The van der Waals surface area contributed by atoms with Crippen molar-refractivity contribution in [3.63, 3.8) is 0 Å². The van der Waals surface area contributed by atoms with Crippen LogP contribution in [0.4, 0.5) is 10.5 Å². The molecule has 0 saturated heterocycles. The minimum Gasteiger partial charge on any atom is -0.308 e. The van der Waals surface area contributed by atoms with Crippen LogP contribution in [0.15, 0.2) is 29.7 Å². The summed E-state index contributed by atoms with van der Waals surface area (Å²) in [6.45, 7) is 7.97. The number of urea groups is 1. The first kappa shape index (κ1) is 18.0. The number of carbonyl (C=O) groups is 2. The van der Waals surface area contributed by atoms with E-state index in [0.29, 0.717) is 10.8 Å². The van der Waals surface area contributed by atoms with Crippen LogP contribution in [0.1, 0.15) is 31.0 Å². The van der Waals surface area contributed by atoms with Gasteiger partial charge in [-0.25, -0.2) is 4.79 Å². The molecule has 3 amide bonds. The monoisotopic (exact) mass is 347 g/mol. The van der Waals surface area contributed by atoms with Crippen molar-refractivity contribution in [1.29, 1.82) is 0 Å². The predicted octanol–water partition coefficient (Wildman–Crippen LogP) is 2.92. The summed E-state index contributed by atoms with van der Waals surface area (Å²) in [6.07, 6.45) is 1.62. The highest BCUT2D eigenvalue weighted by atomic mass is 32.2. The molecule has 1 heterocycles. The van der Waals surface area contributed by atoms with E-state index in [-0.39, 0.29) is 17.7 Å². The molecule has 0 aliphatic rings. The van der Waals surface area contributed by atoms with Crippen molar-refractivity contribution in [3.05, 3.63) is 35.7 Å². The Morgan fingerprint density at radius 1 is 1.25 bits per heavy atom. The molecule has 0 fully saturated rings.